The van der Waals surface area contributed by atoms with Crippen LogP contribution in [-0.4, -0.2) is 42.5 Å². The molecule has 0 aliphatic carbocycles. The van der Waals surface area contributed by atoms with E-state index < -0.39 is 10.0 Å². The van der Waals surface area contributed by atoms with Crippen molar-refractivity contribution < 1.29 is 17.7 Å². The van der Waals surface area contributed by atoms with Crippen molar-refractivity contribution in [2.75, 3.05) is 17.8 Å². The van der Waals surface area contributed by atoms with Gasteiger partial charge in [0, 0.05) is 30.3 Å². The number of aryl methyl sites for hydroxylation is 2. The zero-order valence-electron chi connectivity index (χ0n) is 17.4. The van der Waals surface area contributed by atoms with Crippen LogP contribution in [0.3, 0.4) is 0 Å². The van der Waals surface area contributed by atoms with Crippen LogP contribution < -0.4 is 4.72 Å². The molecule has 3 aromatic rings. The predicted octanol–water partition coefficient (Wildman–Crippen LogP) is 3.51. The molecule has 1 aliphatic rings. The Balaban J connectivity index is 1.45. The summed E-state index contributed by atoms with van der Waals surface area (Å²) in [6.07, 6.45) is 1.45. The van der Waals surface area contributed by atoms with E-state index in [1.807, 2.05) is 19.1 Å². The van der Waals surface area contributed by atoms with Gasteiger partial charge in [-0.1, -0.05) is 28.9 Å². The van der Waals surface area contributed by atoms with Gasteiger partial charge in [-0.2, -0.15) is 4.98 Å². The van der Waals surface area contributed by atoms with Crippen molar-refractivity contribution in [3.8, 4) is 0 Å². The molecule has 31 heavy (non-hydrogen) atoms. The Morgan fingerprint density at radius 3 is 2.45 bits per heavy atom. The van der Waals surface area contributed by atoms with Gasteiger partial charge in [0.2, 0.25) is 5.89 Å². The molecule has 1 fully saturated rings. The molecule has 0 radical (unpaired) electrons. The number of nitrogens with zero attached hydrogens (tertiary/aromatic N) is 3. The lowest BCUT2D eigenvalue weighted by atomic mass is 9.96. The topological polar surface area (TPSA) is 105 Å². The fraction of sp³-hybridized carbons (Fsp3) is 0.318. The zero-order valence-corrected chi connectivity index (χ0v) is 18.2. The molecule has 0 saturated carbocycles. The summed E-state index contributed by atoms with van der Waals surface area (Å²) in [5.74, 6) is 1.16. The van der Waals surface area contributed by atoms with Crippen molar-refractivity contribution in [1.29, 1.82) is 0 Å². The molecule has 1 aliphatic heterocycles. The maximum absolute atomic E-state index is 13.0. The van der Waals surface area contributed by atoms with Crippen LogP contribution in [0.15, 0.2) is 57.9 Å². The van der Waals surface area contributed by atoms with Gasteiger partial charge in [0.1, 0.15) is 0 Å². The lowest BCUT2D eigenvalue weighted by molar-refractivity contribution is 0.0704. The monoisotopic (exact) mass is 440 g/mol. The molecule has 1 amide bonds. The summed E-state index contributed by atoms with van der Waals surface area (Å²) in [5.41, 5.74) is 1.85. The van der Waals surface area contributed by atoms with E-state index in [0.717, 1.165) is 18.4 Å². The quantitative estimate of drug-likeness (QED) is 0.651. The number of benzene rings is 2. The molecule has 162 valence electrons. The standard InChI is InChI=1S/C22H24N4O4S/c1-15-6-8-19(9-7-15)25-31(28,29)20-5-3-4-18(14-20)22(27)26-12-10-17(11-13-26)21-23-16(2)24-30-21/h3-9,14,17,25H,10-13H2,1-2H3. The van der Waals surface area contributed by atoms with E-state index in [1.165, 1.54) is 12.1 Å². The van der Waals surface area contributed by atoms with Gasteiger partial charge >= 0.3 is 0 Å². The zero-order chi connectivity index (χ0) is 22.0. The Hall–Kier alpha value is -3.20. The maximum Gasteiger partial charge on any atom is 0.261 e. The highest BCUT2D eigenvalue weighted by Crippen LogP contribution is 2.28. The van der Waals surface area contributed by atoms with E-state index in [9.17, 15) is 13.2 Å². The molecule has 1 aromatic heterocycles. The smallest absolute Gasteiger partial charge is 0.261 e. The number of nitrogens with one attached hydrogen (secondary N) is 1. The molecule has 1 saturated heterocycles. The minimum Gasteiger partial charge on any atom is -0.339 e. The number of carbonyl (C=O) groups excluding carboxylic acids is 1. The van der Waals surface area contributed by atoms with Gasteiger partial charge in [0.05, 0.1) is 4.90 Å². The summed E-state index contributed by atoms with van der Waals surface area (Å²) in [6, 6.07) is 13.2. The minimum absolute atomic E-state index is 0.0511. The fourth-order valence-electron chi connectivity index (χ4n) is 3.62. The Labute approximate surface area is 181 Å². The second-order valence-electron chi connectivity index (χ2n) is 7.75. The molecule has 1 N–H and O–H groups in total. The molecule has 0 spiro atoms. The highest BCUT2D eigenvalue weighted by molar-refractivity contribution is 7.92. The third-order valence-electron chi connectivity index (χ3n) is 5.37. The molecular formula is C22H24N4O4S. The number of hydrogen-bond acceptors (Lipinski definition) is 6. The lowest BCUT2D eigenvalue weighted by Gasteiger charge is -2.30. The van der Waals surface area contributed by atoms with Crippen molar-refractivity contribution in [3.05, 3.63) is 71.4 Å². The van der Waals surface area contributed by atoms with Crippen molar-refractivity contribution in [1.82, 2.24) is 15.0 Å². The number of piperidine rings is 1. The van der Waals surface area contributed by atoms with Gasteiger partial charge in [-0.05, 0) is 57.0 Å². The number of aromatic nitrogens is 2. The second kappa shape index (κ2) is 8.50. The number of likely N-dealkylation sites (tertiary alicyclic amines) is 1. The predicted molar refractivity (Wildman–Crippen MR) is 115 cm³/mol. The highest BCUT2D eigenvalue weighted by atomic mass is 32.2. The number of carbonyl (C=O) groups is 1. The number of hydrogen-bond donors (Lipinski definition) is 1. The third-order valence-corrected chi connectivity index (χ3v) is 6.75. The number of anilines is 1. The number of sulfonamides is 1. The molecule has 0 atom stereocenters. The van der Waals surface area contributed by atoms with E-state index in [2.05, 4.69) is 14.9 Å². The highest BCUT2D eigenvalue weighted by Gasteiger charge is 2.28. The fourth-order valence-corrected chi connectivity index (χ4v) is 4.73. The first-order valence-electron chi connectivity index (χ1n) is 10.1. The normalized spacial score (nSPS) is 15.1. The van der Waals surface area contributed by atoms with Crippen LogP contribution in [-0.2, 0) is 10.0 Å². The van der Waals surface area contributed by atoms with Gasteiger partial charge in [0.25, 0.3) is 15.9 Å². The molecular weight excluding hydrogens is 416 g/mol. The SMILES string of the molecule is Cc1ccc(NS(=O)(=O)c2cccc(C(=O)N3CCC(c4nc(C)no4)CC3)c2)cc1. The van der Waals surface area contributed by atoms with Gasteiger partial charge in [-0.3, -0.25) is 9.52 Å². The third kappa shape index (κ3) is 4.77. The van der Waals surface area contributed by atoms with Crippen LogP contribution in [0.4, 0.5) is 5.69 Å². The van der Waals surface area contributed by atoms with Gasteiger partial charge < -0.3 is 9.42 Å². The summed E-state index contributed by atoms with van der Waals surface area (Å²) in [7, 11) is -3.80. The van der Waals surface area contributed by atoms with E-state index in [0.29, 0.717) is 36.1 Å². The molecule has 2 heterocycles. The minimum atomic E-state index is -3.80. The molecule has 8 nitrogen and oxygen atoms in total. The van der Waals surface area contributed by atoms with E-state index >= 15 is 0 Å². The van der Waals surface area contributed by atoms with Crippen molar-refractivity contribution in [3.63, 3.8) is 0 Å². The Bertz CT molecular complexity index is 1180. The Morgan fingerprint density at radius 2 is 1.81 bits per heavy atom. The molecule has 0 unspecified atom stereocenters. The van der Waals surface area contributed by atoms with Crippen LogP contribution in [0, 0.1) is 13.8 Å². The van der Waals surface area contributed by atoms with E-state index in [-0.39, 0.29) is 16.7 Å². The second-order valence-corrected chi connectivity index (χ2v) is 9.43. The average molecular weight is 441 g/mol. The van der Waals surface area contributed by atoms with Crippen LogP contribution >= 0.6 is 0 Å². The summed E-state index contributed by atoms with van der Waals surface area (Å²) in [5, 5.41) is 3.83. The summed E-state index contributed by atoms with van der Waals surface area (Å²) >= 11 is 0. The molecule has 9 heteroatoms. The first kappa shape index (κ1) is 21.0. The first-order chi connectivity index (χ1) is 14.8. The number of rotatable bonds is 5. The van der Waals surface area contributed by atoms with Crippen molar-refractivity contribution in [2.24, 2.45) is 0 Å². The molecule has 4 rings (SSSR count). The van der Waals surface area contributed by atoms with Gasteiger partial charge in [0.15, 0.2) is 5.82 Å². The first-order valence-corrected chi connectivity index (χ1v) is 11.6. The van der Waals surface area contributed by atoms with Gasteiger partial charge in [-0.25, -0.2) is 8.42 Å². The Morgan fingerprint density at radius 1 is 1.10 bits per heavy atom. The molecule has 0 bridgehead atoms. The van der Waals surface area contributed by atoms with E-state index in [4.69, 9.17) is 4.52 Å². The average Bonchev–Trinajstić information content (AvgIpc) is 3.21. The summed E-state index contributed by atoms with van der Waals surface area (Å²) < 4.78 is 33.4. The van der Waals surface area contributed by atoms with Crippen LogP contribution in [0.5, 0.6) is 0 Å². The summed E-state index contributed by atoms with van der Waals surface area (Å²) in [6.45, 7) is 4.80. The largest absolute Gasteiger partial charge is 0.339 e. The van der Waals surface area contributed by atoms with Gasteiger partial charge in [-0.15, -0.1) is 0 Å². The van der Waals surface area contributed by atoms with Crippen molar-refractivity contribution >= 4 is 21.6 Å². The Kier molecular flexibility index (Phi) is 5.77. The molecule has 2 aromatic carbocycles. The summed E-state index contributed by atoms with van der Waals surface area (Å²) in [4.78, 5) is 19.1. The van der Waals surface area contributed by atoms with E-state index in [1.54, 1.807) is 36.1 Å². The van der Waals surface area contributed by atoms with Crippen LogP contribution in [0.1, 0.15) is 46.4 Å². The van der Waals surface area contributed by atoms with Crippen LogP contribution in [0.25, 0.3) is 0 Å². The van der Waals surface area contributed by atoms with Crippen LogP contribution in [0.2, 0.25) is 0 Å². The maximum atomic E-state index is 13.0. The van der Waals surface area contributed by atoms with Crippen molar-refractivity contribution in [2.45, 2.75) is 37.5 Å². The number of amides is 1. The lowest BCUT2D eigenvalue weighted by Crippen LogP contribution is -2.38.